The number of benzene rings is 1. The Hall–Kier alpha value is -3.78. The molecule has 142 valence electrons. The molecule has 0 spiro atoms. The molecular formula is C21H18N8. The van der Waals surface area contributed by atoms with Gasteiger partial charge < -0.3 is 15.6 Å². The van der Waals surface area contributed by atoms with Gasteiger partial charge in [-0.1, -0.05) is 18.2 Å². The fourth-order valence-electron chi connectivity index (χ4n) is 3.76. The van der Waals surface area contributed by atoms with Crippen LogP contribution in [0.3, 0.4) is 0 Å². The fraction of sp³-hybridized carbons (Fsp3) is 0.143. The van der Waals surface area contributed by atoms with Crippen LogP contribution in [0.25, 0.3) is 44.7 Å². The average molecular weight is 382 g/mol. The van der Waals surface area contributed by atoms with Crippen LogP contribution in [0.5, 0.6) is 0 Å². The SMILES string of the molecule is NC1CN(c2cncc(-c3ccc4[nH]nc(-c5cc6ccccc6[nH]5)c4n3)n2)C1. The number of nitrogens with zero attached hydrogens (tertiary/aromatic N) is 5. The second-order valence-corrected chi connectivity index (χ2v) is 7.36. The van der Waals surface area contributed by atoms with E-state index < -0.39 is 0 Å². The third-order valence-electron chi connectivity index (χ3n) is 5.31. The Bertz CT molecular complexity index is 1310. The van der Waals surface area contributed by atoms with Gasteiger partial charge in [0.1, 0.15) is 22.7 Å². The molecule has 0 radical (unpaired) electrons. The van der Waals surface area contributed by atoms with E-state index in [-0.39, 0.29) is 6.04 Å². The number of nitrogens with one attached hydrogen (secondary N) is 2. The molecule has 0 unspecified atom stereocenters. The van der Waals surface area contributed by atoms with E-state index in [9.17, 15) is 0 Å². The van der Waals surface area contributed by atoms with Crippen LogP contribution in [0.2, 0.25) is 0 Å². The van der Waals surface area contributed by atoms with Crippen molar-refractivity contribution in [2.45, 2.75) is 6.04 Å². The van der Waals surface area contributed by atoms with E-state index in [0.29, 0.717) is 0 Å². The predicted molar refractivity (Wildman–Crippen MR) is 112 cm³/mol. The van der Waals surface area contributed by atoms with Gasteiger partial charge in [-0.25, -0.2) is 9.97 Å². The highest BCUT2D eigenvalue weighted by Crippen LogP contribution is 2.29. The predicted octanol–water partition coefficient (Wildman–Crippen LogP) is 2.71. The minimum atomic E-state index is 0.208. The number of hydrogen-bond acceptors (Lipinski definition) is 6. The van der Waals surface area contributed by atoms with Crippen molar-refractivity contribution in [1.29, 1.82) is 0 Å². The second kappa shape index (κ2) is 6.11. The maximum atomic E-state index is 5.89. The van der Waals surface area contributed by atoms with Gasteiger partial charge in [-0.05, 0) is 24.3 Å². The number of rotatable bonds is 3. The monoisotopic (exact) mass is 382 g/mol. The van der Waals surface area contributed by atoms with E-state index in [1.54, 1.807) is 12.4 Å². The lowest BCUT2D eigenvalue weighted by molar-refractivity contribution is 0.514. The van der Waals surface area contributed by atoms with Crippen LogP contribution < -0.4 is 10.6 Å². The number of nitrogens with two attached hydrogens (primary N) is 1. The van der Waals surface area contributed by atoms with Gasteiger partial charge in [-0.2, -0.15) is 5.10 Å². The van der Waals surface area contributed by atoms with E-state index >= 15 is 0 Å². The Morgan fingerprint density at radius 1 is 0.966 bits per heavy atom. The molecule has 1 aromatic carbocycles. The van der Waals surface area contributed by atoms with Crippen molar-refractivity contribution in [2.75, 3.05) is 18.0 Å². The first kappa shape index (κ1) is 16.2. The lowest BCUT2D eigenvalue weighted by Crippen LogP contribution is -2.56. The number of anilines is 1. The molecule has 1 saturated heterocycles. The highest BCUT2D eigenvalue weighted by Gasteiger charge is 2.24. The number of aromatic nitrogens is 6. The molecule has 5 heterocycles. The smallest absolute Gasteiger partial charge is 0.147 e. The molecule has 6 rings (SSSR count). The first-order valence-electron chi connectivity index (χ1n) is 9.51. The first-order valence-corrected chi connectivity index (χ1v) is 9.51. The number of H-pyrrole nitrogens is 2. The molecule has 0 bridgehead atoms. The second-order valence-electron chi connectivity index (χ2n) is 7.36. The molecule has 1 aliphatic heterocycles. The zero-order chi connectivity index (χ0) is 19.4. The van der Waals surface area contributed by atoms with Gasteiger partial charge in [0.05, 0.1) is 29.3 Å². The van der Waals surface area contributed by atoms with Crippen molar-refractivity contribution in [3.8, 4) is 22.8 Å². The summed E-state index contributed by atoms with van der Waals surface area (Å²) < 4.78 is 0. The molecule has 8 nitrogen and oxygen atoms in total. The summed E-state index contributed by atoms with van der Waals surface area (Å²) in [5, 5.41) is 8.71. The van der Waals surface area contributed by atoms with Crippen molar-refractivity contribution in [3.05, 3.63) is 54.9 Å². The summed E-state index contributed by atoms with van der Waals surface area (Å²) in [6, 6.07) is 14.4. The van der Waals surface area contributed by atoms with Gasteiger partial charge in [0.25, 0.3) is 0 Å². The Morgan fingerprint density at radius 3 is 2.72 bits per heavy atom. The summed E-state index contributed by atoms with van der Waals surface area (Å²) in [4.78, 5) is 19.5. The zero-order valence-corrected chi connectivity index (χ0v) is 15.5. The number of fused-ring (bicyclic) bond motifs is 2. The van der Waals surface area contributed by atoms with Crippen LogP contribution in [0.1, 0.15) is 0 Å². The first-order chi connectivity index (χ1) is 14.2. The van der Waals surface area contributed by atoms with E-state index in [1.807, 2.05) is 24.3 Å². The largest absolute Gasteiger partial charge is 0.353 e. The van der Waals surface area contributed by atoms with E-state index in [1.165, 1.54) is 0 Å². The van der Waals surface area contributed by atoms with Crippen LogP contribution in [0.4, 0.5) is 5.82 Å². The van der Waals surface area contributed by atoms with Crippen molar-refractivity contribution in [3.63, 3.8) is 0 Å². The molecule has 0 aliphatic carbocycles. The zero-order valence-electron chi connectivity index (χ0n) is 15.5. The molecule has 4 aromatic heterocycles. The number of aromatic amines is 2. The summed E-state index contributed by atoms with van der Waals surface area (Å²) in [5.74, 6) is 0.828. The van der Waals surface area contributed by atoms with Crippen LogP contribution in [0, 0.1) is 0 Å². The molecule has 8 heteroatoms. The van der Waals surface area contributed by atoms with Crippen LogP contribution >= 0.6 is 0 Å². The van der Waals surface area contributed by atoms with Crippen LogP contribution in [-0.4, -0.2) is 49.3 Å². The van der Waals surface area contributed by atoms with Crippen LogP contribution in [0.15, 0.2) is 54.9 Å². The van der Waals surface area contributed by atoms with E-state index in [2.05, 4.69) is 43.3 Å². The molecule has 0 amide bonds. The minimum absolute atomic E-state index is 0.208. The third-order valence-corrected chi connectivity index (χ3v) is 5.31. The Morgan fingerprint density at radius 2 is 1.86 bits per heavy atom. The summed E-state index contributed by atoms with van der Waals surface area (Å²) in [6.45, 7) is 1.60. The summed E-state index contributed by atoms with van der Waals surface area (Å²) in [6.07, 6.45) is 3.50. The van der Waals surface area contributed by atoms with Crippen molar-refractivity contribution in [2.24, 2.45) is 5.73 Å². The molecular weight excluding hydrogens is 364 g/mol. The highest BCUT2D eigenvalue weighted by atomic mass is 15.3. The molecule has 0 atom stereocenters. The van der Waals surface area contributed by atoms with Crippen molar-refractivity contribution >= 4 is 27.8 Å². The summed E-state index contributed by atoms with van der Waals surface area (Å²) in [5.41, 5.74) is 11.8. The van der Waals surface area contributed by atoms with Gasteiger partial charge in [0.2, 0.25) is 0 Å². The Balaban J connectivity index is 1.43. The maximum absolute atomic E-state index is 5.89. The summed E-state index contributed by atoms with van der Waals surface area (Å²) in [7, 11) is 0. The maximum Gasteiger partial charge on any atom is 0.147 e. The fourth-order valence-corrected chi connectivity index (χ4v) is 3.76. The average Bonchev–Trinajstić information content (AvgIpc) is 3.34. The van der Waals surface area contributed by atoms with E-state index in [4.69, 9.17) is 15.7 Å². The molecule has 29 heavy (non-hydrogen) atoms. The summed E-state index contributed by atoms with van der Waals surface area (Å²) >= 11 is 0. The number of pyridine rings is 1. The van der Waals surface area contributed by atoms with Crippen LogP contribution in [-0.2, 0) is 0 Å². The Kier molecular flexibility index (Phi) is 3.41. The van der Waals surface area contributed by atoms with Crippen molar-refractivity contribution in [1.82, 2.24) is 30.1 Å². The molecule has 0 saturated carbocycles. The van der Waals surface area contributed by atoms with Crippen molar-refractivity contribution < 1.29 is 0 Å². The number of para-hydroxylation sites is 1. The standard InChI is InChI=1S/C21H18N8/c22-13-10-29(11-13)19-9-23-8-18(25-19)15-5-6-16-20(26-15)21(28-27-16)17-7-12-3-1-2-4-14(12)24-17/h1-9,13,24H,10-11,22H2,(H,27,28). The van der Waals surface area contributed by atoms with Gasteiger partial charge in [-0.15, -0.1) is 0 Å². The Labute approximate surface area is 165 Å². The van der Waals surface area contributed by atoms with Gasteiger partial charge in [-0.3, -0.25) is 10.1 Å². The lowest BCUT2D eigenvalue weighted by atomic mass is 10.1. The molecule has 1 fully saturated rings. The number of hydrogen-bond donors (Lipinski definition) is 3. The quantitative estimate of drug-likeness (QED) is 0.442. The minimum Gasteiger partial charge on any atom is -0.353 e. The highest BCUT2D eigenvalue weighted by molar-refractivity contribution is 5.94. The third kappa shape index (κ3) is 2.65. The van der Waals surface area contributed by atoms with Gasteiger partial charge in [0.15, 0.2) is 0 Å². The molecule has 1 aliphatic rings. The normalized spacial score (nSPS) is 14.6. The molecule has 4 N–H and O–H groups in total. The topological polar surface area (TPSA) is 112 Å². The van der Waals surface area contributed by atoms with Gasteiger partial charge >= 0.3 is 0 Å². The van der Waals surface area contributed by atoms with E-state index in [0.717, 1.165) is 63.6 Å². The van der Waals surface area contributed by atoms with Gasteiger partial charge in [0, 0.05) is 30.0 Å². The molecule has 5 aromatic rings. The lowest BCUT2D eigenvalue weighted by Gasteiger charge is -2.37.